The third kappa shape index (κ3) is 3.57. The van der Waals surface area contributed by atoms with Crippen LogP contribution in [0.3, 0.4) is 0 Å². The third-order valence-electron chi connectivity index (χ3n) is 5.09. The Labute approximate surface area is 178 Å². The first-order chi connectivity index (χ1) is 14.3. The molecule has 0 fully saturated rings. The van der Waals surface area contributed by atoms with Crippen molar-refractivity contribution in [3.05, 3.63) is 58.5 Å². The summed E-state index contributed by atoms with van der Waals surface area (Å²) in [6, 6.07) is 8.61. The first-order valence-corrected chi connectivity index (χ1v) is 9.76. The average molecular weight is 426 g/mol. The fourth-order valence-corrected chi connectivity index (χ4v) is 3.66. The normalized spacial score (nSPS) is 14.1. The molecule has 1 N–H and O–H groups in total. The van der Waals surface area contributed by atoms with E-state index >= 15 is 0 Å². The van der Waals surface area contributed by atoms with Crippen LogP contribution in [-0.4, -0.2) is 41.9 Å². The van der Waals surface area contributed by atoms with E-state index in [-0.39, 0.29) is 28.6 Å². The van der Waals surface area contributed by atoms with E-state index in [0.717, 1.165) is 10.9 Å². The SMILES string of the molecule is COc1cc(C(=O)NCC(=O)c2cc3c(c(Cl)n2)OCC3(C)C)cc2cccnc12. The summed E-state index contributed by atoms with van der Waals surface area (Å²) in [6.45, 7) is 4.27. The standard InChI is InChI=1S/C22H20ClN3O4/c1-22(2)11-30-19-14(22)9-15(26-20(19)23)16(27)10-25-21(28)13-7-12-5-4-6-24-18(12)17(8-13)29-3/h4-9H,10-11H2,1-3H3,(H,25,28). The molecule has 7 nitrogen and oxygen atoms in total. The molecule has 0 spiro atoms. The Morgan fingerprint density at radius 3 is 2.87 bits per heavy atom. The van der Waals surface area contributed by atoms with Gasteiger partial charge in [-0.2, -0.15) is 0 Å². The van der Waals surface area contributed by atoms with Crippen LogP contribution in [0.15, 0.2) is 36.5 Å². The minimum absolute atomic E-state index is 0.152. The number of pyridine rings is 2. The van der Waals surface area contributed by atoms with Crippen LogP contribution >= 0.6 is 11.6 Å². The fraction of sp³-hybridized carbons (Fsp3) is 0.273. The van der Waals surface area contributed by atoms with E-state index in [4.69, 9.17) is 21.1 Å². The number of nitrogens with zero attached hydrogens (tertiary/aromatic N) is 2. The number of Topliss-reactive ketones (excluding diaryl/α,β-unsaturated/α-hetero) is 1. The van der Waals surface area contributed by atoms with Gasteiger partial charge in [0.15, 0.2) is 16.7 Å². The van der Waals surface area contributed by atoms with Gasteiger partial charge >= 0.3 is 0 Å². The number of methoxy groups -OCH3 is 1. The molecule has 0 saturated heterocycles. The molecule has 3 aromatic rings. The lowest BCUT2D eigenvalue weighted by molar-refractivity contribution is 0.0902. The third-order valence-corrected chi connectivity index (χ3v) is 5.34. The number of carbonyl (C=O) groups is 2. The highest BCUT2D eigenvalue weighted by Gasteiger charge is 2.35. The molecule has 3 heterocycles. The van der Waals surface area contributed by atoms with E-state index in [1.54, 1.807) is 30.5 Å². The molecule has 1 aromatic carbocycles. The number of nitrogens with one attached hydrogen (secondary N) is 1. The second kappa shape index (κ2) is 7.57. The van der Waals surface area contributed by atoms with E-state index in [1.165, 1.54) is 7.11 Å². The van der Waals surface area contributed by atoms with Crippen molar-refractivity contribution in [3.8, 4) is 11.5 Å². The molecule has 1 amide bonds. The largest absolute Gasteiger partial charge is 0.494 e. The molecular formula is C22H20ClN3O4. The number of ether oxygens (including phenoxy) is 2. The maximum atomic E-state index is 12.7. The van der Waals surface area contributed by atoms with Gasteiger partial charge in [0.1, 0.15) is 17.0 Å². The molecule has 0 radical (unpaired) electrons. The zero-order valence-corrected chi connectivity index (χ0v) is 17.5. The van der Waals surface area contributed by atoms with E-state index < -0.39 is 5.91 Å². The van der Waals surface area contributed by atoms with Crippen LogP contribution < -0.4 is 14.8 Å². The number of halogens is 1. The molecule has 0 unspecified atom stereocenters. The Kier molecular flexibility index (Phi) is 5.07. The molecular weight excluding hydrogens is 406 g/mol. The summed E-state index contributed by atoms with van der Waals surface area (Å²) in [5, 5.41) is 3.56. The van der Waals surface area contributed by atoms with Gasteiger partial charge in [0, 0.05) is 28.1 Å². The van der Waals surface area contributed by atoms with Crippen LogP contribution in [0.5, 0.6) is 11.5 Å². The lowest BCUT2D eigenvalue weighted by Crippen LogP contribution is -2.30. The highest BCUT2D eigenvalue weighted by Crippen LogP contribution is 2.42. The van der Waals surface area contributed by atoms with Crippen LogP contribution in [-0.2, 0) is 5.41 Å². The van der Waals surface area contributed by atoms with Gasteiger partial charge in [-0.05, 0) is 24.3 Å². The summed E-state index contributed by atoms with van der Waals surface area (Å²) < 4.78 is 10.9. The average Bonchev–Trinajstić information content (AvgIpc) is 3.05. The topological polar surface area (TPSA) is 90.4 Å². The van der Waals surface area contributed by atoms with Gasteiger partial charge in [0.05, 0.1) is 20.3 Å². The molecule has 0 bridgehead atoms. The number of carbonyl (C=O) groups excluding carboxylic acids is 2. The predicted molar refractivity (Wildman–Crippen MR) is 113 cm³/mol. The number of hydrogen-bond donors (Lipinski definition) is 1. The Bertz CT molecular complexity index is 1180. The van der Waals surface area contributed by atoms with Crippen LogP contribution in [0.4, 0.5) is 0 Å². The van der Waals surface area contributed by atoms with E-state index in [1.807, 2.05) is 19.9 Å². The molecule has 154 valence electrons. The predicted octanol–water partition coefficient (Wildman–Crippen LogP) is 3.57. The molecule has 8 heteroatoms. The molecule has 2 aromatic heterocycles. The zero-order chi connectivity index (χ0) is 21.5. The Morgan fingerprint density at radius 2 is 2.10 bits per heavy atom. The van der Waals surface area contributed by atoms with Crippen molar-refractivity contribution in [2.75, 3.05) is 20.3 Å². The van der Waals surface area contributed by atoms with Crippen molar-refractivity contribution >= 4 is 34.2 Å². The van der Waals surface area contributed by atoms with Gasteiger partial charge in [-0.15, -0.1) is 0 Å². The number of fused-ring (bicyclic) bond motifs is 2. The van der Waals surface area contributed by atoms with Gasteiger partial charge in [0.25, 0.3) is 5.91 Å². The summed E-state index contributed by atoms with van der Waals surface area (Å²) in [6.07, 6.45) is 1.66. The van der Waals surface area contributed by atoms with Crippen LogP contribution in [0, 0.1) is 0 Å². The quantitative estimate of drug-likeness (QED) is 0.496. The summed E-state index contributed by atoms with van der Waals surface area (Å²) in [7, 11) is 1.52. The van der Waals surface area contributed by atoms with E-state index in [0.29, 0.717) is 29.2 Å². The van der Waals surface area contributed by atoms with Crippen LogP contribution in [0.25, 0.3) is 10.9 Å². The molecule has 0 aliphatic carbocycles. The van der Waals surface area contributed by atoms with Gasteiger partial charge in [-0.1, -0.05) is 31.5 Å². The maximum Gasteiger partial charge on any atom is 0.251 e. The van der Waals surface area contributed by atoms with Gasteiger partial charge < -0.3 is 14.8 Å². The van der Waals surface area contributed by atoms with Crippen molar-refractivity contribution in [2.24, 2.45) is 0 Å². The van der Waals surface area contributed by atoms with Crippen molar-refractivity contribution < 1.29 is 19.1 Å². The fourth-order valence-electron chi connectivity index (χ4n) is 3.41. The Hall–Kier alpha value is -3.19. The zero-order valence-electron chi connectivity index (χ0n) is 16.8. The van der Waals surface area contributed by atoms with Gasteiger partial charge in [-0.3, -0.25) is 14.6 Å². The Morgan fingerprint density at radius 1 is 1.30 bits per heavy atom. The maximum absolute atomic E-state index is 12.7. The second-order valence-electron chi connectivity index (χ2n) is 7.71. The van der Waals surface area contributed by atoms with Crippen LogP contribution in [0.1, 0.15) is 40.3 Å². The molecule has 0 atom stereocenters. The number of hydrogen-bond acceptors (Lipinski definition) is 6. The minimum atomic E-state index is -0.400. The smallest absolute Gasteiger partial charge is 0.251 e. The van der Waals surface area contributed by atoms with Crippen LogP contribution in [0.2, 0.25) is 5.15 Å². The lowest BCUT2D eigenvalue weighted by atomic mass is 9.87. The monoisotopic (exact) mass is 425 g/mol. The highest BCUT2D eigenvalue weighted by atomic mass is 35.5. The van der Waals surface area contributed by atoms with Gasteiger partial charge in [0.2, 0.25) is 0 Å². The van der Waals surface area contributed by atoms with Crippen molar-refractivity contribution in [2.45, 2.75) is 19.3 Å². The summed E-state index contributed by atoms with van der Waals surface area (Å²) in [5.74, 6) is 0.256. The summed E-state index contributed by atoms with van der Waals surface area (Å²) in [5.41, 5.74) is 1.79. The van der Waals surface area contributed by atoms with Crippen molar-refractivity contribution in [3.63, 3.8) is 0 Å². The van der Waals surface area contributed by atoms with E-state index in [2.05, 4.69) is 15.3 Å². The molecule has 1 aliphatic rings. The van der Waals surface area contributed by atoms with Gasteiger partial charge in [-0.25, -0.2) is 4.98 Å². The number of aromatic nitrogens is 2. The molecule has 30 heavy (non-hydrogen) atoms. The number of amides is 1. The number of benzene rings is 1. The van der Waals surface area contributed by atoms with Crippen molar-refractivity contribution in [1.82, 2.24) is 15.3 Å². The van der Waals surface area contributed by atoms with E-state index in [9.17, 15) is 9.59 Å². The first-order valence-electron chi connectivity index (χ1n) is 9.38. The molecule has 4 rings (SSSR count). The summed E-state index contributed by atoms with van der Waals surface area (Å²) >= 11 is 6.20. The van der Waals surface area contributed by atoms with Crippen molar-refractivity contribution in [1.29, 1.82) is 0 Å². The first kappa shape index (κ1) is 20.1. The molecule has 1 aliphatic heterocycles. The Balaban J connectivity index is 1.53. The highest BCUT2D eigenvalue weighted by molar-refractivity contribution is 6.31. The molecule has 0 saturated carbocycles. The summed E-state index contributed by atoms with van der Waals surface area (Å²) in [4.78, 5) is 33.7. The lowest BCUT2D eigenvalue weighted by Gasteiger charge is -2.15. The number of ketones is 1. The minimum Gasteiger partial charge on any atom is -0.494 e. The second-order valence-corrected chi connectivity index (χ2v) is 8.07. The number of rotatable bonds is 5.